The van der Waals surface area contributed by atoms with Crippen LogP contribution in [0.4, 0.5) is 0 Å². The maximum absolute atomic E-state index is 12.8. The lowest BCUT2D eigenvalue weighted by molar-refractivity contribution is -0.205. The topological polar surface area (TPSA) is 145 Å². The molecule has 1 aliphatic heterocycles. The quantitative estimate of drug-likeness (QED) is 0.236. The minimum Gasteiger partial charge on any atom is -0.455 e. The van der Waals surface area contributed by atoms with Crippen molar-refractivity contribution in [2.75, 3.05) is 6.61 Å². The van der Waals surface area contributed by atoms with Gasteiger partial charge in [0, 0.05) is 10.5 Å². The van der Waals surface area contributed by atoms with Crippen molar-refractivity contribution in [1.82, 2.24) is 5.43 Å². The van der Waals surface area contributed by atoms with Crippen LogP contribution >= 0.6 is 23.4 Å². The van der Waals surface area contributed by atoms with Crippen LogP contribution in [-0.2, 0) is 4.74 Å². The maximum Gasteiger partial charge on any atom is 0.272 e. The summed E-state index contributed by atoms with van der Waals surface area (Å²) in [4.78, 5) is 13.2. The molecule has 0 spiro atoms. The van der Waals surface area contributed by atoms with Crippen LogP contribution in [-0.4, -0.2) is 69.0 Å². The van der Waals surface area contributed by atoms with Crippen LogP contribution in [0.3, 0.4) is 0 Å². The number of rotatable bonds is 7. The predicted molar refractivity (Wildman–Crippen MR) is 130 cm³/mol. The first-order valence-corrected chi connectivity index (χ1v) is 11.9. The lowest BCUT2D eigenvalue weighted by Gasteiger charge is -2.39. The monoisotopic (exact) mass is 518 g/mol. The molecular weight excluding hydrogens is 496 g/mol. The van der Waals surface area contributed by atoms with Gasteiger partial charge >= 0.3 is 0 Å². The molecule has 5 N–H and O–H groups in total. The number of aliphatic hydroxyl groups is 4. The Morgan fingerprint density at radius 2 is 1.77 bits per heavy atom. The molecule has 35 heavy (non-hydrogen) atoms. The van der Waals surface area contributed by atoms with Gasteiger partial charge in [0.25, 0.3) is 5.91 Å². The second kappa shape index (κ2) is 11.4. The Labute approximate surface area is 210 Å². The van der Waals surface area contributed by atoms with Gasteiger partial charge in [-0.3, -0.25) is 4.79 Å². The number of furan rings is 1. The van der Waals surface area contributed by atoms with Crippen LogP contribution in [0.5, 0.6) is 0 Å². The molecule has 9 nitrogen and oxygen atoms in total. The molecule has 1 fully saturated rings. The zero-order valence-corrected chi connectivity index (χ0v) is 19.8. The Morgan fingerprint density at radius 3 is 2.54 bits per heavy atom. The maximum atomic E-state index is 12.8. The van der Waals surface area contributed by atoms with Crippen LogP contribution < -0.4 is 5.43 Å². The molecule has 1 amide bonds. The average Bonchev–Trinajstić information content (AvgIpc) is 3.33. The summed E-state index contributed by atoms with van der Waals surface area (Å²) in [5.74, 6) is 0.445. The second-order valence-corrected chi connectivity index (χ2v) is 9.24. The molecule has 1 saturated heterocycles. The van der Waals surface area contributed by atoms with E-state index in [2.05, 4.69) is 10.5 Å². The zero-order valence-electron chi connectivity index (χ0n) is 18.2. The van der Waals surface area contributed by atoms with E-state index in [1.807, 2.05) is 18.2 Å². The Morgan fingerprint density at radius 1 is 1.03 bits per heavy atom. The van der Waals surface area contributed by atoms with Gasteiger partial charge in [-0.1, -0.05) is 47.6 Å². The summed E-state index contributed by atoms with van der Waals surface area (Å²) >= 11 is 7.18. The van der Waals surface area contributed by atoms with Crippen molar-refractivity contribution in [2.45, 2.75) is 34.7 Å². The van der Waals surface area contributed by atoms with Crippen LogP contribution in [0.2, 0.25) is 5.02 Å². The molecule has 0 saturated carbocycles. The molecule has 3 aromatic rings. The molecule has 1 aromatic heterocycles. The highest BCUT2D eigenvalue weighted by Crippen LogP contribution is 2.35. The Hall–Kier alpha value is -2.70. The van der Waals surface area contributed by atoms with Gasteiger partial charge in [-0.05, 0) is 36.4 Å². The Kier molecular flexibility index (Phi) is 8.24. The molecule has 184 valence electrons. The van der Waals surface area contributed by atoms with E-state index in [-0.39, 0.29) is 5.56 Å². The first-order valence-electron chi connectivity index (χ1n) is 10.6. The molecule has 0 unspecified atom stereocenters. The summed E-state index contributed by atoms with van der Waals surface area (Å²) in [6, 6.07) is 17.3. The van der Waals surface area contributed by atoms with Gasteiger partial charge in [-0.15, -0.1) is 0 Å². The number of carbonyl (C=O) groups excluding carboxylic acids is 1. The summed E-state index contributed by atoms with van der Waals surface area (Å²) < 4.78 is 11.2. The van der Waals surface area contributed by atoms with E-state index < -0.39 is 42.4 Å². The molecule has 11 heteroatoms. The number of hydrogen-bond acceptors (Lipinski definition) is 9. The van der Waals surface area contributed by atoms with Crippen molar-refractivity contribution in [3.63, 3.8) is 0 Å². The number of amides is 1. The normalized spacial score (nSPS) is 24.5. The van der Waals surface area contributed by atoms with Crippen LogP contribution in [0, 0.1) is 0 Å². The Balaban J connectivity index is 1.43. The summed E-state index contributed by atoms with van der Waals surface area (Å²) in [7, 11) is 0. The van der Waals surface area contributed by atoms with E-state index >= 15 is 0 Å². The van der Waals surface area contributed by atoms with E-state index in [1.54, 1.807) is 42.5 Å². The number of aliphatic hydroxyl groups excluding tert-OH is 4. The molecule has 0 bridgehead atoms. The third kappa shape index (κ3) is 5.76. The molecule has 0 radical (unpaired) electrons. The molecule has 2 heterocycles. The standard InChI is InChI=1S/C24H23ClN2O7S/c25-16-7-3-1-5-14(16)17-10-9-13(33-17)11-26-27-23(32)15-6-2-4-8-19(15)35-24-22(31)21(30)20(29)18(12-28)34-24/h1-11,18,20-22,24,28-31H,12H2,(H,27,32)/b26-11+/t18-,20-,21+,22-,24+/m1/s1. The second-order valence-electron chi connectivity index (χ2n) is 7.69. The van der Waals surface area contributed by atoms with E-state index in [0.717, 1.165) is 17.3 Å². The van der Waals surface area contributed by atoms with Crippen LogP contribution in [0.1, 0.15) is 16.1 Å². The number of carbonyl (C=O) groups is 1. The lowest BCUT2D eigenvalue weighted by atomic mass is 10.0. The third-order valence-corrected chi connectivity index (χ3v) is 6.91. The lowest BCUT2D eigenvalue weighted by Crippen LogP contribution is -2.57. The molecule has 0 aliphatic carbocycles. The van der Waals surface area contributed by atoms with Crippen molar-refractivity contribution in [2.24, 2.45) is 5.10 Å². The van der Waals surface area contributed by atoms with Crippen molar-refractivity contribution in [3.8, 4) is 11.3 Å². The number of thioether (sulfide) groups is 1. The average molecular weight is 519 g/mol. The summed E-state index contributed by atoms with van der Waals surface area (Å²) in [6.07, 6.45) is -4.09. The molecule has 5 atom stereocenters. The van der Waals surface area contributed by atoms with E-state index in [1.165, 1.54) is 6.21 Å². The smallest absolute Gasteiger partial charge is 0.272 e. The fourth-order valence-corrected chi connectivity index (χ4v) is 4.91. The van der Waals surface area contributed by atoms with Crippen LogP contribution in [0.25, 0.3) is 11.3 Å². The fraction of sp³-hybridized carbons (Fsp3) is 0.250. The minimum atomic E-state index is -1.51. The number of ether oxygens (including phenoxy) is 1. The Bertz CT molecular complexity index is 1200. The zero-order chi connectivity index (χ0) is 24.9. The number of benzene rings is 2. The summed E-state index contributed by atoms with van der Waals surface area (Å²) in [5, 5.41) is 44.2. The van der Waals surface area contributed by atoms with Crippen molar-refractivity contribution >= 4 is 35.5 Å². The number of hydrazone groups is 1. The van der Waals surface area contributed by atoms with Gasteiger partial charge in [0.2, 0.25) is 0 Å². The summed E-state index contributed by atoms with van der Waals surface area (Å²) in [6.45, 7) is -0.538. The summed E-state index contributed by atoms with van der Waals surface area (Å²) in [5.41, 5.74) is 2.40. The highest BCUT2D eigenvalue weighted by molar-refractivity contribution is 8.00. The number of nitrogens with one attached hydrogen (secondary N) is 1. The van der Waals surface area contributed by atoms with Gasteiger partial charge in [0.15, 0.2) is 0 Å². The van der Waals surface area contributed by atoms with Crippen LogP contribution in [0.15, 0.2) is 75.1 Å². The number of nitrogens with zero attached hydrogens (tertiary/aromatic N) is 1. The first kappa shape index (κ1) is 25.4. The van der Waals surface area contributed by atoms with Crippen molar-refractivity contribution in [1.29, 1.82) is 0 Å². The highest BCUT2D eigenvalue weighted by Gasteiger charge is 2.44. The van der Waals surface area contributed by atoms with E-state index in [0.29, 0.717) is 21.4 Å². The van der Waals surface area contributed by atoms with Gasteiger partial charge < -0.3 is 29.6 Å². The predicted octanol–water partition coefficient (Wildman–Crippen LogP) is 2.26. The van der Waals surface area contributed by atoms with E-state index in [4.69, 9.17) is 20.8 Å². The van der Waals surface area contributed by atoms with Gasteiger partial charge in [0.1, 0.15) is 41.4 Å². The fourth-order valence-electron chi connectivity index (χ4n) is 3.49. The highest BCUT2D eigenvalue weighted by atomic mass is 35.5. The van der Waals surface area contributed by atoms with E-state index in [9.17, 15) is 25.2 Å². The first-order chi connectivity index (χ1) is 16.9. The number of hydrogen-bond donors (Lipinski definition) is 5. The largest absolute Gasteiger partial charge is 0.455 e. The van der Waals surface area contributed by atoms with Crippen molar-refractivity contribution < 1.29 is 34.4 Å². The molecule has 2 aromatic carbocycles. The molecule has 4 rings (SSSR count). The minimum absolute atomic E-state index is 0.253. The van der Waals surface area contributed by atoms with Gasteiger partial charge in [-0.2, -0.15) is 5.10 Å². The molecular formula is C24H23ClN2O7S. The van der Waals surface area contributed by atoms with Gasteiger partial charge in [-0.25, -0.2) is 5.43 Å². The SMILES string of the molecule is O=C(N/N=C/c1ccc(-c2ccccc2Cl)o1)c1ccccc1S[C@@H]1O[C@H](CO)[C@@H](O)[C@H](O)[C@H]1O. The van der Waals surface area contributed by atoms with Gasteiger partial charge in [0.05, 0.1) is 23.4 Å². The number of halogens is 1. The molecule has 1 aliphatic rings. The third-order valence-electron chi connectivity index (χ3n) is 5.35. The van der Waals surface area contributed by atoms with Crippen molar-refractivity contribution in [3.05, 3.63) is 77.0 Å².